The Morgan fingerprint density at radius 1 is 1.20 bits per heavy atom. The van der Waals surface area contributed by atoms with E-state index < -0.39 is 0 Å². The molecular formula is C6H2Br2FI. The molecule has 0 radical (unpaired) electrons. The predicted molar refractivity (Wildman–Crippen MR) is 54.5 cm³/mol. The molecule has 0 unspecified atom stereocenters. The van der Waals surface area contributed by atoms with Crippen molar-refractivity contribution in [1.82, 2.24) is 0 Å². The van der Waals surface area contributed by atoms with Crippen molar-refractivity contribution in [2.45, 2.75) is 0 Å². The van der Waals surface area contributed by atoms with Crippen molar-refractivity contribution in [2.24, 2.45) is 0 Å². The monoisotopic (exact) mass is 378 g/mol. The van der Waals surface area contributed by atoms with Crippen LogP contribution in [0.4, 0.5) is 4.39 Å². The highest BCUT2D eigenvalue weighted by atomic mass is 127. The summed E-state index contributed by atoms with van der Waals surface area (Å²) < 4.78 is 14.8. The first-order valence-electron chi connectivity index (χ1n) is 2.41. The van der Waals surface area contributed by atoms with Crippen molar-refractivity contribution in [3.8, 4) is 0 Å². The lowest BCUT2D eigenvalue weighted by Gasteiger charge is -1.97. The van der Waals surface area contributed by atoms with Crippen LogP contribution in [0.3, 0.4) is 0 Å². The zero-order valence-corrected chi connectivity index (χ0v) is 10.00. The molecule has 54 valence electrons. The van der Waals surface area contributed by atoms with Crippen molar-refractivity contribution >= 4 is 54.5 Å². The molecule has 1 aromatic carbocycles. The number of rotatable bonds is 0. The molecule has 0 amide bonds. The normalized spacial score (nSPS) is 10.0. The average molecular weight is 380 g/mol. The summed E-state index contributed by atoms with van der Waals surface area (Å²) in [5.74, 6) is -0.250. The first-order valence-corrected chi connectivity index (χ1v) is 5.08. The van der Waals surface area contributed by atoms with Crippen LogP contribution in [-0.4, -0.2) is 0 Å². The smallest absolute Gasteiger partial charge is 0.151 e. The molecule has 0 aromatic heterocycles. The molecule has 0 nitrogen and oxygen atoms in total. The van der Waals surface area contributed by atoms with E-state index in [0.717, 1.165) is 3.57 Å². The Labute approximate surface area is 88.6 Å². The summed E-state index contributed by atoms with van der Waals surface area (Å²) in [4.78, 5) is 0. The van der Waals surface area contributed by atoms with E-state index in [1.165, 1.54) is 0 Å². The van der Waals surface area contributed by atoms with Crippen molar-refractivity contribution in [2.75, 3.05) is 0 Å². The maximum absolute atomic E-state index is 12.8. The number of benzene rings is 1. The van der Waals surface area contributed by atoms with Crippen LogP contribution in [-0.2, 0) is 0 Å². The fraction of sp³-hybridized carbons (Fsp3) is 0. The minimum absolute atomic E-state index is 0.250. The topological polar surface area (TPSA) is 0 Å². The van der Waals surface area contributed by atoms with Crippen LogP contribution < -0.4 is 0 Å². The van der Waals surface area contributed by atoms with Gasteiger partial charge in [0, 0.05) is 3.57 Å². The molecule has 0 aliphatic rings. The molecule has 0 saturated heterocycles. The molecule has 0 aliphatic heterocycles. The Hall–Kier alpha value is 0.840. The summed E-state index contributed by atoms with van der Waals surface area (Å²) in [6.07, 6.45) is 0. The van der Waals surface area contributed by atoms with Gasteiger partial charge in [-0.2, -0.15) is 0 Å². The van der Waals surface area contributed by atoms with Gasteiger partial charge in [-0.15, -0.1) is 0 Å². The van der Waals surface area contributed by atoms with Crippen LogP contribution in [0.25, 0.3) is 0 Å². The van der Waals surface area contributed by atoms with Crippen LogP contribution in [0.5, 0.6) is 0 Å². The Balaban J connectivity index is 3.31. The number of hydrogen-bond donors (Lipinski definition) is 0. The van der Waals surface area contributed by atoms with E-state index in [0.29, 0.717) is 8.95 Å². The maximum Gasteiger partial charge on any atom is 0.151 e. The highest BCUT2D eigenvalue weighted by Crippen LogP contribution is 2.25. The van der Waals surface area contributed by atoms with Gasteiger partial charge in [0.15, 0.2) is 5.82 Å². The third-order valence-electron chi connectivity index (χ3n) is 0.949. The molecule has 0 fully saturated rings. The summed E-state index contributed by atoms with van der Waals surface area (Å²) in [6.45, 7) is 0. The van der Waals surface area contributed by atoms with Gasteiger partial charge in [0.1, 0.15) is 0 Å². The van der Waals surface area contributed by atoms with Crippen molar-refractivity contribution < 1.29 is 4.39 Å². The summed E-state index contributed by atoms with van der Waals surface area (Å²) in [5, 5.41) is 0. The fourth-order valence-electron chi connectivity index (χ4n) is 0.525. The van der Waals surface area contributed by atoms with Crippen LogP contribution in [0.1, 0.15) is 0 Å². The van der Waals surface area contributed by atoms with Gasteiger partial charge in [0.2, 0.25) is 0 Å². The summed E-state index contributed by atoms with van der Waals surface area (Å²) in [6, 6.07) is 3.45. The zero-order chi connectivity index (χ0) is 7.72. The minimum atomic E-state index is -0.250. The molecule has 0 bridgehead atoms. The number of halogens is 4. The van der Waals surface area contributed by atoms with E-state index in [9.17, 15) is 4.39 Å². The summed E-state index contributed by atoms with van der Waals surface area (Å²) in [5.41, 5.74) is 0. The third kappa shape index (κ3) is 1.92. The minimum Gasteiger partial charge on any atom is -0.205 e. The molecule has 0 heterocycles. The molecule has 0 atom stereocenters. The summed E-state index contributed by atoms with van der Waals surface area (Å²) in [7, 11) is 0. The van der Waals surface area contributed by atoms with Crippen LogP contribution in [0.2, 0.25) is 0 Å². The largest absolute Gasteiger partial charge is 0.205 e. The fourth-order valence-corrected chi connectivity index (χ4v) is 3.19. The van der Waals surface area contributed by atoms with Gasteiger partial charge < -0.3 is 0 Å². The van der Waals surface area contributed by atoms with Crippen molar-refractivity contribution in [3.05, 3.63) is 30.5 Å². The van der Waals surface area contributed by atoms with Crippen LogP contribution in [0.15, 0.2) is 21.1 Å². The van der Waals surface area contributed by atoms with E-state index in [1.807, 2.05) is 0 Å². The molecule has 0 spiro atoms. The van der Waals surface area contributed by atoms with Gasteiger partial charge in [-0.05, 0) is 66.6 Å². The second-order valence-corrected chi connectivity index (χ2v) is 4.64. The van der Waals surface area contributed by atoms with E-state index in [1.54, 1.807) is 12.1 Å². The second kappa shape index (κ2) is 3.49. The SMILES string of the molecule is Fc1c(Br)cc(I)cc1Br. The molecule has 0 saturated carbocycles. The van der Waals surface area contributed by atoms with Gasteiger partial charge in [-0.25, -0.2) is 4.39 Å². The lowest BCUT2D eigenvalue weighted by molar-refractivity contribution is 0.614. The maximum atomic E-state index is 12.8. The quantitative estimate of drug-likeness (QED) is 0.364. The Morgan fingerprint density at radius 3 is 2.00 bits per heavy atom. The first kappa shape index (κ1) is 8.93. The molecule has 1 aromatic rings. The van der Waals surface area contributed by atoms with Gasteiger partial charge in [-0.3, -0.25) is 0 Å². The second-order valence-electron chi connectivity index (χ2n) is 1.68. The van der Waals surface area contributed by atoms with Crippen molar-refractivity contribution in [1.29, 1.82) is 0 Å². The van der Waals surface area contributed by atoms with Crippen LogP contribution >= 0.6 is 54.5 Å². The Bertz CT molecular complexity index is 239. The number of hydrogen-bond acceptors (Lipinski definition) is 0. The van der Waals surface area contributed by atoms with Gasteiger partial charge in [0.25, 0.3) is 0 Å². The third-order valence-corrected chi connectivity index (χ3v) is 2.73. The van der Waals surface area contributed by atoms with Gasteiger partial charge >= 0.3 is 0 Å². The molecule has 1 rings (SSSR count). The van der Waals surface area contributed by atoms with E-state index in [-0.39, 0.29) is 5.82 Å². The van der Waals surface area contributed by atoms with Gasteiger partial charge in [-0.1, -0.05) is 0 Å². The van der Waals surface area contributed by atoms with Crippen molar-refractivity contribution in [3.63, 3.8) is 0 Å². The summed E-state index contributed by atoms with van der Waals surface area (Å²) >= 11 is 8.30. The van der Waals surface area contributed by atoms with E-state index in [4.69, 9.17) is 0 Å². The molecule has 4 heteroatoms. The zero-order valence-electron chi connectivity index (χ0n) is 4.67. The molecule has 10 heavy (non-hydrogen) atoms. The molecule has 0 aliphatic carbocycles. The van der Waals surface area contributed by atoms with E-state index >= 15 is 0 Å². The first-order chi connectivity index (χ1) is 4.61. The van der Waals surface area contributed by atoms with Crippen LogP contribution in [0, 0.1) is 9.39 Å². The highest BCUT2D eigenvalue weighted by Gasteiger charge is 2.03. The molecule has 0 N–H and O–H groups in total. The highest BCUT2D eigenvalue weighted by molar-refractivity contribution is 14.1. The van der Waals surface area contributed by atoms with Gasteiger partial charge in [0.05, 0.1) is 8.95 Å². The van der Waals surface area contributed by atoms with E-state index in [2.05, 4.69) is 54.5 Å². The Kier molecular flexibility index (Phi) is 3.12. The Morgan fingerprint density at radius 2 is 1.60 bits per heavy atom. The average Bonchev–Trinajstić information content (AvgIpc) is 1.82. The predicted octanol–water partition coefficient (Wildman–Crippen LogP) is 3.96. The lowest BCUT2D eigenvalue weighted by atomic mass is 10.4. The lowest BCUT2D eigenvalue weighted by Crippen LogP contribution is -1.80. The molecular weight excluding hydrogens is 378 g/mol. The standard InChI is InChI=1S/C6H2Br2FI/c7-4-1-3(10)2-5(8)6(4)9/h1-2H.